The van der Waals surface area contributed by atoms with Crippen molar-refractivity contribution in [2.45, 2.75) is 13.0 Å². The van der Waals surface area contributed by atoms with E-state index in [1.54, 1.807) is 13.1 Å². The van der Waals surface area contributed by atoms with Gasteiger partial charge < -0.3 is 10.7 Å². The van der Waals surface area contributed by atoms with Crippen molar-refractivity contribution in [3.8, 4) is 0 Å². The largest absolute Gasteiger partial charge is 0.360 e. The Morgan fingerprint density at radius 1 is 1.53 bits per heavy atom. The van der Waals surface area contributed by atoms with Crippen molar-refractivity contribution in [2.24, 2.45) is 5.73 Å². The Balaban J connectivity index is 2.59. The standard InChI is InChI=1S/C11H11IN2O/c1-6(13)11(15)9-5-14-10-4-7(12)2-3-8(9)10/h2-6,14H,13H2,1H3. The van der Waals surface area contributed by atoms with Crippen LogP contribution >= 0.6 is 22.6 Å². The molecular weight excluding hydrogens is 303 g/mol. The second-order valence-electron chi connectivity index (χ2n) is 3.55. The van der Waals surface area contributed by atoms with E-state index >= 15 is 0 Å². The van der Waals surface area contributed by atoms with Crippen LogP contribution in [0.5, 0.6) is 0 Å². The number of carbonyl (C=O) groups excluding carboxylic acids is 1. The maximum Gasteiger partial charge on any atom is 0.181 e. The summed E-state index contributed by atoms with van der Waals surface area (Å²) in [5.41, 5.74) is 7.24. The van der Waals surface area contributed by atoms with Gasteiger partial charge in [-0.2, -0.15) is 0 Å². The molecule has 0 spiro atoms. The second kappa shape index (κ2) is 3.94. The first-order valence-corrected chi connectivity index (χ1v) is 5.74. The van der Waals surface area contributed by atoms with E-state index in [1.807, 2.05) is 18.2 Å². The topological polar surface area (TPSA) is 58.9 Å². The molecular formula is C11H11IN2O. The molecule has 0 fully saturated rings. The maximum atomic E-state index is 11.8. The number of hydrogen-bond donors (Lipinski definition) is 2. The van der Waals surface area contributed by atoms with Gasteiger partial charge >= 0.3 is 0 Å². The number of rotatable bonds is 2. The zero-order chi connectivity index (χ0) is 11.0. The quantitative estimate of drug-likeness (QED) is 0.660. The van der Waals surface area contributed by atoms with E-state index < -0.39 is 6.04 Å². The molecule has 0 aliphatic heterocycles. The molecule has 3 nitrogen and oxygen atoms in total. The van der Waals surface area contributed by atoms with E-state index in [1.165, 1.54) is 0 Å². The molecule has 2 aromatic rings. The number of nitrogens with one attached hydrogen (secondary N) is 1. The fourth-order valence-electron chi connectivity index (χ4n) is 1.55. The summed E-state index contributed by atoms with van der Waals surface area (Å²) in [7, 11) is 0. The van der Waals surface area contributed by atoms with E-state index in [-0.39, 0.29) is 5.78 Å². The summed E-state index contributed by atoms with van der Waals surface area (Å²) >= 11 is 2.24. The molecule has 0 aliphatic rings. The molecule has 1 atom stereocenters. The Hall–Kier alpha value is -0.880. The molecule has 1 aromatic carbocycles. The summed E-state index contributed by atoms with van der Waals surface area (Å²) < 4.78 is 1.14. The molecule has 3 N–H and O–H groups in total. The van der Waals surface area contributed by atoms with Crippen molar-refractivity contribution in [1.29, 1.82) is 0 Å². The van der Waals surface area contributed by atoms with Gasteiger partial charge in [0.15, 0.2) is 5.78 Å². The third-order valence-corrected chi connectivity index (χ3v) is 2.99. The number of hydrogen-bond acceptors (Lipinski definition) is 2. The summed E-state index contributed by atoms with van der Waals surface area (Å²) in [5.74, 6) is -0.0255. The lowest BCUT2D eigenvalue weighted by atomic mass is 10.1. The maximum absolute atomic E-state index is 11.8. The van der Waals surface area contributed by atoms with Gasteiger partial charge in [-0.1, -0.05) is 6.07 Å². The molecule has 0 aliphatic carbocycles. The predicted molar refractivity (Wildman–Crippen MR) is 69.0 cm³/mol. The Labute approximate surface area is 101 Å². The molecule has 2 rings (SSSR count). The predicted octanol–water partition coefficient (Wildman–Crippen LogP) is 2.30. The zero-order valence-electron chi connectivity index (χ0n) is 8.25. The number of nitrogens with two attached hydrogens (primary N) is 1. The van der Waals surface area contributed by atoms with Gasteiger partial charge in [-0.3, -0.25) is 4.79 Å². The average molecular weight is 314 g/mol. The number of H-pyrrole nitrogens is 1. The number of aromatic amines is 1. The fraction of sp³-hybridized carbons (Fsp3) is 0.182. The average Bonchev–Trinajstić information content (AvgIpc) is 2.59. The molecule has 0 saturated heterocycles. The number of ketones is 1. The van der Waals surface area contributed by atoms with Crippen LogP contribution in [0, 0.1) is 3.57 Å². The minimum Gasteiger partial charge on any atom is -0.360 e. The van der Waals surface area contributed by atoms with Gasteiger partial charge in [0.25, 0.3) is 0 Å². The number of Topliss-reactive ketones (excluding diaryl/α,β-unsaturated/α-hetero) is 1. The number of benzene rings is 1. The monoisotopic (exact) mass is 314 g/mol. The Morgan fingerprint density at radius 2 is 2.27 bits per heavy atom. The third kappa shape index (κ3) is 1.91. The highest BCUT2D eigenvalue weighted by molar-refractivity contribution is 14.1. The van der Waals surface area contributed by atoms with Gasteiger partial charge in [-0.05, 0) is 41.6 Å². The first-order chi connectivity index (χ1) is 7.09. The summed E-state index contributed by atoms with van der Waals surface area (Å²) in [5, 5.41) is 0.942. The minimum absolute atomic E-state index is 0.0255. The van der Waals surface area contributed by atoms with Gasteiger partial charge in [0.1, 0.15) is 0 Å². The van der Waals surface area contributed by atoms with Crippen LogP contribution in [0.15, 0.2) is 24.4 Å². The van der Waals surface area contributed by atoms with Crippen LogP contribution in [0.4, 0.5) is 0 Å². The Bertz CT molecular complexity index is 516. The van der Waals surface area contributed by atoms with Gasteiger partial charge in [-0.15, -0.1) is 0 Å². The minimum atomic E-state index is -0.455. The van der Waals surface area contributed by atoms with Crippen LogP contribution in [0.2, 0.25) is 0 Å². The highest BCUT2D eigenvalue weighted by Crippen LogP contribution is 2.21. The van der Waals surface area contributed by atoms with Crippen LogP contribution < -0.4 is 5.73 Å². The van der Waals surface area contributed by atoms with Crippen molar-refractivity contribution in [1.82, 2.24) is 4.98 Å². The van der Waals surface area contributed by atoms with Crippen LogP contribution in [-0.2, 0) is 0 Å². The van der Waals surface area contributed by atoms with Crippen LogP contribution in [-0.4, -0.2) is 16.8 Å². The summed E-state index contributed by atoms with van der Waals surface area (Å²) in [6.07, 6.45) is 1.73. The summed E-state index contributed by atoms with van der Waals surface area (Å²) in [4.78, 5) is 14.8. The van der Waals surface area contributed by atoms with Gasteiger partial charge in [0, 0.05) is 26.2 Å². The van der Waals surface area contributed by atoms with Crippen molar-refractivity contribution in [2.75, 3.05) is 0 Å². The second-order valence-corrected chi connectivity index (χ2v) is 4.79. The number of aromatic nitrogens is 1. The lowest BCUT2D eigenvalue weighted by Crippen LogP contribution is -2.26. The molecule has 0 amide bonds. The molecule has 4 heteroatoms. The van der Waals surface area contributed by atoms with E-state index in [0.29, 0.717) is 5.56 Å². The fourth-order valence-corrected chi connectivity index (χ4v) is 2.04. The lowest BCUT2D eigenvalue weighted by Gasteiger charge is -2.02. The first-order valence-electron chi connectivity index (χ1n) is 4.66. The Morgan fingerprint density at radius 3 is 2.93 bits per heavy atom. The van der Waals surface area contributed by atoms with Crippen LogP contribution in [0.3, 0.4) is 0 Å². The molecule has 0 radical (unpaired) electrons. The molecule has 1 unspecified atom stereocenters. The van der Waals surface area contributed by atoms with E-state index in [4.69, 9.17) is 5.73 Å². The summed E-state index contributed by atoms with van der Waals surface area (Å²) in [6, 6.07) is 5.48. The molecule has 1 aromatic heterocycles. The van der Waals surface area contributed by atoms with Gasteiger partial charge in [0.2, 0.25) is 0 Å². The van der Waals surface area contributed by atoms with E-state index in [2.05, 4.69) is 27.6 Å². The highest BCUT2D eigenvalue weighted by atomic mass is 127. The lowest BCUT2D eigenvalue weighted by molar-refractivity contribution is 0.0969. The van der Waals surface area contributed by atoms with Gasteiger partial charge in [0.05, 0.1) is 6.04 Å². The number of halogens is 1. The number of fused-ring (bicyclic) bond motifs is 1. The highest BCUT2D eigenvalue weighted by Gasteiger charge is 2.15. The first kappa shape index (κ1) is 10.6. The van der Waals surface area contributed by atoms with E-state index in [0.717, 1.165) is 14.5 Å². The Kier molecular flexibility index (Phi) is 2.79. The normalized spacial score (nSPS) is 13.0. The van der Waals surface area contributed by atoms with Crippen LogP contribution in [0.1, 0.15) is 17.3 Å². The number of carbonyl (C=O) groups is 1. The van der Waals surface area contributed by atoms with E-state index in [9.17, 15) is 4.79 Å². The van der Waals surface area contributed by atoms with Crippen molar-refractivity contribution >= 4 is 39.3 Å². The van der Waals surface area contributed by atoms with Crippen LogP contribution in [0.25, 0.3) is 10.9 Å². The molecule has 0 saturated carbocycles. The smallest absolute Gasteiger partial charge is 0.181 e. The third-order valence-electron chi connectivity index (χ3n) is 2.32. The molecule has 15 heavy (non-hydrogen) atoms. The zero-order valence-corrected chi connectivity index (χ0v) is 10.4. The SMILES string of the molecule is CC(N)C(=O)c1c[nH]c2cc(I)ccc12. The van der Waals surface area contributed by atoms with Gasteiger partial charge in [-0.25, -0.2) is 0 Å². The van der Waals surface area contributed by atoms with Crippen molar-refractivity contribution in [3.05, 3.63) is 33.5 Å². The molecule has 0 bridgehead atoms. The molecule has 1 heterocycles. The van der Waals surface area contributed by atoms with Crippen molar-refractivity contribution < 1.29 is 4.79 Å². The molecule has 78 valence electrons. The van der Waals surface area contributed by atoms with Crippen molar-refractivity contribution in [3.63, 3.8) is 0 Å². The summed E-state index contributed by atoms with van der Waals surface area (Å²) in [6.45, 7) is 1.70.